The summed E-state index contributed by atoms with van der Waals surface area (Å²) in [6.07, 6.45) is 0. The van der Waals surface area contributed by atoms with E-state index in [1.54, 1.807) is 0 Å². The highest BCUT2D eigenvalue weighted by Gasteiger charge is 2.11. The van der Waals surface area contributed by atoms with E-state index in [2.05, 4.69) is 44.8 Å². The fourth-order valence-electron chi connectivity index (χ4n) is 2.14. The number of hydrogen-bond donors (Lipinski definition) is 2. The van der Waals surface area contributed by atoms with Gasteiger partial charge in [0.05, 0.1) is 5.52 Å². The normalized spacial score (nSPS) is 11.5. The van der Waals surface area contributed by atoms with E-state index < -0.39 is 0 Å². The first-order valence-corrected chi connectivity index (χ1v) is 6.69. The van der Waals surface area contributed by atoms with Gasteiger partial charge in [0.1, 0.15) is 5.84 Å². The number of amidine groups is 1. The molecule has 2 rings (SSSR count). The first-order chi connectivity index (χ1) is 8.90. The highest BCUT2D eigenvalue weighted by Crippen LogP contribution is 2.25. The van der Waals surface area contributed by atoms with Crippen LogP contribution < -0.4 is 5.73 Å². The molecule has 0 fully saturated rings. The molecule has 3 N–H and O–H groups in total. The lowest BCUT2D eigenvalue weighted by atomic mass is 9.97. The smallest absolute Gasteiger partial charge is 0.123 e. The Hall–Kier alpha value is -1.90. The van der Waals surface area contributed by atoms with Crippen LogP contribution in [0.3, 0.4) is 0 Å². The Labute approximate surface area is 114 Å². The molecule has 3 nitrogen and oxygen atoms in total. The van der Waals surface area contributed by atoms with Crippen molar-refractivity contribution in [1.82, 2.24) is 4.98 Å². The Morgan fingerprint density at radius 3 is 2.32 bits per heavy atom. The van der Waals surface area contributed by atoms with Crippen molar-refractivity contribution in [1.29, 1.82) is 5.41 Å². The highest BCUT2D eigenvalue weighted by molar-refractivity contribution is 6.06. The van der Waals surface area contributed by atoms with Gasteiger partial charge >= 0.3 is 0 Å². The van der Waals surface area contributed by atoms with Crippen molar-refractivity contribution in [3.8, 4) is 0 Å². The van der Waals surface area contributed by atoms with Gasteiger partial charge in [-0.1, -0.05) is 33.8 Å². The topological polar surface area (TPSA) is 62.8 Å². The van der Waals surface area contributed by atoms with E-state index in [4.69, 9.17) is 11.1 Å². The molecule has 0 saturated heterocycles. The summed E-state index contributed by atoms with van der Waals surface area (Å²) in [6, 6.07) is 8.18. The second-order valence-electron chi connectivity index (χ2n) is 5.59. The average Bonchev–Trinajstić information content (AvgIpc) is 2.36. The minimum Gasteiger partial charge on any atom is -0.384 e. The lowest BCUT2D eigenvalue weighted by Crippen LogP contribution is -2.13. The number of pyridine rings is 1. The van der Waals surface area contributed by atoms with Gasteiger partial charge in [-0.2, -0.15) is 0 Å². The number of nitrogens with two attached hydrogens (primary N) is 1. The van der Waals surface area contributed by atoms with Gasteiger partial charge in [-0.05, 0) is 35.6 Å². The van der Waals surface area contributed by atoms with Gasteiger partial charge in [0.15, 0.2) is 0 Å². The van der Waals surface area contributed by atoms with E-state index in [-0.39, 0.29) is 5.84 Å². The summed E-state index contributed by atoms with van der Waals surface area (Å²) >= 11 is 0. The van der Waals surface area contributed by atoms with E-state index >= 15 is 0 Å². The number of aromatic nitrogens is 1. The minimum atomic E-state index is 0.107. The molecule has 19 heavy (non-hydrogen) atoms. The lowest BCUT2D eigenvalue weighted by molar-refractivity contribution is 0.828. The molecule has 0 saturated carbocycles. The largest absolute Gasteiger partial charge is 0.384 e. The lowest BCUT2D eigenvalue weighted by Gasteiger charge is -2.13. The van der Waals surface area contributed by atoms with E-state index in [1.165, 1.54) is 5.56 Å². The molecule has 0 aliphatic rings. The molecule has 1 aromatic heterocycles. The maximum Gasteiger partial charge on any atom is 0.123 e. The average molecular weight is 255 g/mol. The molecule has 1 heterocycles. The van der Waals surface area contributed by atoms with Crippen LogP contribution in [-0.2, 0) is 0 Å². The number of hydrogen-bond acceptors (Lipinski definition) is 2. The molecular weight excluding hydrogens is 234 g/mol. The van der Waals surface area contributed by atoms with E-state index in [9.17, 15) is 0 Å². The zero-order chi connectivity index (χ0) is 14.2. The number of benzene rings is 1. The summed E-state index contributed by atoms with van der Waals surface area (Å²) in [6.45, 7) is 8.51. The predicted octanol–water partition coefficient (Wildman–Crippen LogP) is 3.77. The summed E-state index contributed by atoms with van der Waals surface area (Å²) in [5.74, 6) is 0.886. The number of nitrogens with one attached hydrogen (secondary N) is 1. The Bertz CT molecular complexity index is 627. The summed E-state index contributed by atoms with van der Waals surface area (Å²) in [5.41, 5.74) is 9.66. The highest BCUT2D eigenvalue weighted by atomic mass is 14.7. The van der Waals surface area contributed by atoms with Crippen molar-refractivity contribution in [3.63, 3.8) is 0 Å². The van der Waals surface area contributed by atoms with Crippen LogP contribution in [0.4, 0.5) is 0 Å². The maximum atomic E-state index is 7.78. The predicted molar refractivity (Wildman–Crippen MR) is 80.9 cm³/mol. The van der Waals surface area contributed by atoms with Crippen molar-refractivity contribution in [2.45, 2.75) is 39.5 Å². The van der Waals surface area contributed by atoms with Gasteiger partial charge in [-0.15, -0.1) is 0 Å². The SMILES string of the molecule is CC(C)c1ccc2nc(C(C)C)cc(C(=N)N)c2c1. The van der Waals surface area contributed by atoms with Gasteiger partial charge in [-0.3, -0.25) is 10.4 Å². The number of fused-ring (bicyclic) bond motifs is 1. The van der Waals surface area contributed by atoms with Crippen LogP contribution in [0.15, 0.2) is 24.3 Å². The number of rotatable bonds is 3. The van der Waals surface area contributed by atoms with Gasteiger partial charge in [0.25, 0.3) is 0 Å². The molecule has 0 bridgehead atoms. The van der Waals surface area contributed by atoms with Gasteiger partial charge in [-0.25, -0.2) is 0 Å². The Kier molecular flexibility index (Phi) is 3.56. The zero-order valence-corrected chi connectivity index (χ0v) is 12.0. The second kappa shape index (κ2) is 5.00. The third kappa shape index (κ3) is 2.60. The maximum absolute atomic E-state index is 7.78. The second-order valence-corrected chi connectivity index (χ2v) is 5.59. The third-order valence-electron chi connectivity index (χ3n) is 3.40. The molecule has 1 aromatic carbocycles. The van der Waals surface area contributed by atoms with Crippen molar-refractivity contribution in [2.24, 2.45) is 5.73 Å². The monoisotopic (exact) mass is 255 g/mol. The first kappa shape index (κ1) is 13.5. The number of nitrogens with zero attached hydrogens (tertiary/aromatic N) is 1. The molecule has 2 aromatic rings. The van der Waals surface area contributed by atoms with E-state index in [0.717, 1.165) is 22.2 Å². The molecule has 0 spiro atoms. The van der Waals surface area contributed by atoms with Crippen molar-refractivity contribution >= 4 is 16.7 Å². The Balaban J connectivity index is 2.76. The quantitative estimate of drug-likeness (QED) is 0.648. The van der Waals surface area contributed by atoms with Gasteiger partial charge < -0.3 is 5.73 Å². The summed E-state index contributed by atoms with van der Waals surface area (Å²) in [7, 11) is 0. The van der Waals surface area contributed by atoms with Crippen molar-refractivity contribution in [3.05, 3.63) is 41.1 Å². The molecule has 0 radical (unpaired) electrons. The molecule has 0 atom stereocenters. The Morgan fingerprint density at radius 1 is 1.11 bits per heavy atom. The number of nitrogen functional groups attached to an aromatic ring is 1. The molecule has 0 aliphatic heterocycles. The van der Waals surface area contributed by atoms with Crippen LogP contribution >= 0.6 is 0 Å². The summed E-state index contributed by atoms with van der Waals surface area (Å²) in [5, 5.41) is 8.76. The standard InChI is InChI=1S/C16H21N3/c1-9(2)11-5-6-14-12(7-11)13(16(17)18)8-15(19-14)10(3)4/h5-10H,1-4H3,(H3,17,18). The van der Waals surface area contributed by atoms with Crippen LogP contribution in [0.25, 0.3) is 10.9 Å². The molecule has 0 aliphatic carbocycles. The molecular formula is C16H21N3. The van der Waals surface area contributed by atoms with Crippen LogP contribution in [0.2, 0.25) is 0 Å². The van der Waals surface area contributed by atoms with Crippen molar-refractivity contribution < 1.29 is 0 Å². The first-order valence-electron chi connectivity index (χ1n) is 6.69. The third-order valence-corrected chi connectivity index (χ3v) is 3.40. The van der Waals surface area contributed by atoms with Crippen LogP contribution in [-0.4, -0.2) is 10.8 Å². The fourth-order valence-corrected chi connectivity index (χ4v) is 2.14. The zero-order valence-electron chi connectivity index (χ0n) is 12.0. The summed E-state index contributed by atoms with van der Waals surface area (Å²) < 4.78 is 0. The Morgan fingerprint density at radius 2 is 1.79 bits per heavy atom. The van der Waals surface area contributed by atoms with E-state index in [1.807, 2.05) is 12.1 Å². The minimum absolute atomic E-state index is 0.107. The fraction of sp³-hybridized carbons (Fsp3) is 0.375. The summed E-state index contributed by atoms with van der Waals surface area (Å²) in [4.78, 5) is 4.67. The molecule has 0 amide bonds. The van der Waals surface area contributed by atoms with Gasteiger partial charge in [0, 0.05) is 16.6 Å². The van der Waals surface area contributed by atoms with Crippen LogP contribution in [0, 0.1) is 5.41 Å². The van der Waals surface area contributed by atoms with Crippen LogP contribution in [0.5, 0.6) is 0 Å². The molecule has 0 unspecified atom stereocenters. The molecule has 100 valence electrons. The van der Waals surface area contributed by atoms with Crippen LogP contribution in [0.1, 0.15) is 56.4 Å². The van der Waals surface area contributed by atoms with Crippen molar-refractivity contribution in [2.75, 3.05) is 0 Å². The molecule has 3 heteroatoms. The van der Waals surface area contributed by atoms with E-state index in [0.29, 0.717) is 11.8 Å². The van der Waals surface area contributed by atoms with Gasteiger partial charge in [0.2, 0.25) is 0 Å².